The lowest BCUT2D eigenvalue weighted by Crippen LogP contribution is -2.02. The summed E-state index contributed by atoms with van der Waals surface area (Å²) < 4.78 is 0. The van der Waals surface area contributed by atoms with Crippen LogP contribution < -0.4 is 5.43 Å². The van der Waals surface area contributed by atoms with E-state index < -0.39 is 16.9 Å². The van der Waals surface area contributed by atoms with Crippen molar-refractivity contribution in [2.45, 2.75) is 6.92 Å². The molecule has 19 heavy (non-hydrogen) atoms. The van der Waals surface area contributed by atoms with Gasteiger partial charge < -0.3 is 10.2 Å². The van der Waals surface area contributed by atoms with Crippen LogP contribution in [0.2, 0.25) is 0 Å². The van der Waals surface area contributed by atoms with Gasteiger partial charge in [-0.25, -0.2) is 0 Å². The summed E-state index contributed by atoms with van der Waals surface area (Å²) in [7, 11) is 0. The molecule has 0 aliphatic rings. The lowest BCUT2D eigenvalue weighted by atomic mass is 10.0. The number of hydrogen-bond donors (Lipinski definition) is 2. The highest BCUT2D eigenvalue weighted by Gasteiger charge is 2.14. The maximum atomic E-state index is 12.3. The third-order valence-electron chi connectivity index (χ3n) is 2.81. The Morgan fingerprint density at radius 3 is 2.21 bits per heavy atom. The van der Waals surface area contributed by atoms with Crippen molar-refractivity contribution in [3.63, 3.8) is 0 Å². The van der Waals surface area contributed by atoms with Gasteiger partial charge in [0.05, 0.1) is 0 Å². The molecule has 2 N–H and O–H groups in total. The van der Waals surface area contributed by atoms with Crippen molar-refractivity contribution < 1.29 is 15.0 Å². The molecule has 0 aliphatic heterocycles. The van der Waals surface area contributed by atoms with Gasteiger partial charge in [-0.3, -0.25) is 9.59 Å². The Morgan fingerprint density at radius 1 is 1.00 bits per heavy atom. The fourth-order valence-electron chi connectivity index (χ4n) is 1.79. The molecule has 0 bridgehead atoms. The monoisotopic (exact) mass is 256 g/mol. The molecule has 0 spiro atoms. The first-order valence-corrected chi connectivity index (χ1v) is 5.67. The Bertz CT molecular complexity index is 690. The van der Waals surface area contributed by atoms with Crippen molar-refractivity contribution in [3.8, 4) is 11.5 Å². The molecule has 0 amide bonds. The lowest BCUT2D eigenvalue weighted by Gasteiger charge is -2.01. The second-order valence-electron chi connectivity index (χ2n) is 4.18. The minimum atomic E-state index is -0.893. The van der Waals surface area contributed by atoms with Gasteiger partial charge in [0, 0.05) is 11.1 Å². The smallest absolute Gasteiger partial charge is 0.261 e. The molecule has 2 aromatic carbocycles. The van der Waals surface area contributed by atoms with Gasteiger partial charge in [-0.2, -0.15) is 0 Å². The molecule has 0 unspecified atom stereocenters. The van der Waals surface area contributed by atoms with Crippen LogP contribution in [0.4, 0.5) is 0 Å². The van der Waals surface area contributed by atoms with Gasteiger partial charge in [-0.05, 0) is 24.6 Å². The normalized spacial score (nSPS) is 10.2. The van der Waals surface area contributed by atoms with E-state index in [0.29, 0.717) is 11.1 Å². The van der Waals surface area contributed by atoms with Crippen molar-refractivity contribution in [1.82, 2.24) is 0 Å². The largest absolute Gasteiger partial charge is 0.504 e. The third kappa shape index (κ3) is 2.47. The molecule has 0 aliphatic carbocycles. The van der Waals surface area contributed by atoms with Crippen molar-refractivity contribution >= 4 is 5.78 Å². The summed E-state index contributed by atoms with van der Waals surface area (Å²) in [6.07, 6.45) is 0. The molecule has 0 fully saturated rings. The molecule has 4 nitrogen and oxygen atoms in total. The second-order valence-corrected chi connectivity index (χ2v) is 4.18. The van der Waals surface area contributed by atoms with Crippen LogP contribution in [-0.4, -0.2) is 16.0 Å². The van der Waals surface area contributed by atoms with Crippen LogP contribution in [0.1, 0.15) is 21.5 Å². The Labute approximate surface area is 109 Å². The summed E-state index contributed by atoms with van der Waals surface area (Å²) in [6, 6.07) is 10.8. The minimum absolute atomic E-state index is 0.182. The predicted molar refractivity (Wildman–Crippen MR) is 70.7 cm³/mol. The molecule has 96 valence electrons. The number of carbonyl (C=O) groups excluding carboxylic acids is 1. The summed E-state index contributed by atoms with van der Waals surface area (Å²) in [4.78, 5) is 23.7. The van der Waals surface area contributed by atoms with E-state index in [-0.39, 0.29) is 11.3 Å². The number of ketones is 1. The average Bonchev–Trinajstić information content (AvgIpc) is 2.51. The Kier molecular flexibility index (Phi) is 3.33. The number of aryl methyl sites for hydroxylation is 1. The predicted octanol–water partition coefficient (Wildman–Crippen LogP) is 2.00. The molecule has 2 aromatic rings. The van der Waals surface area contributed by atoms with Gasteiger partial charge >= 0.3 is 0 Å². The maximum Gasteiger partial charge on any atom is 0.261 e. The fraction of sp³-hybridized carbons (Fsp3) is 0.0667. The van der Waals surface area contributed by atoms with Crippen molar-refractivity contribution in [2.75, 3.05) is 0 Å². The van der Waals surface area contributed by atoms with E-state index in [2.05, 4.69) is 0 Å². The van der Waals surface area contributed by atoms with Crippen molar-refractivity contribution in [2.24, 2.45) is 0 Å². The molecule has 0 saturated heterocycles. The first-order chi connectivity index (χ1) is 9.00. The van der Waals surface area contributed by atoms with Gasteiger partial charge in [-0.1, -0.05) is 30.3 Å². The number of rotatable bonds is 2. The number of benzene rings is 1. The van der Waals surface area contributed by atoms with E-state index in [4.69, 9.17) is 0 Å². The summed E-state index contributed by atoms with van der Waals surface area (Å²) in [5.74, 6) is -1.55. The van der Waals surface area contributed by atoms with Crippen molar-refractivity contribution in [3.05, 3.63) is 69.4 Å². The van der Waals surface area contributed by atoms with Gasteiger partial charge in [0.2, 0.25) is 0 Å². The zero-order chi connectivity index (χ0) is 14.0. The molecular formula is C15H12O4. The molecular weight excluding hydrogens is 244 g/mol. The zero-order valence-corrected chi connectivity index (χ0v) is 10.3. The first kappa shape index (κ1) is 12.8. The highest BCUT2D eigenvalue weighted by Crippen LogP contribution is 2.18. The van der Waals surface area contributed by atoms with E-state index in [1.54, 1.807) is 37.3 Å². The van der Waals surface area contributed by atoms with Crippen LogP contribution in [-0.2, 0) is 0 Å². The number of aromatic hydroxyl groups is 2. The molecule has 0 heterocycles. The van der Waals surface area contributed by atoms with Gasteiger partial charge in [0.15, 0.2) is 17.3 Å². The van der Waals surface area contributed by atoms with Crippen LogP contribution >= 0.6 is 0 Å². The van der Waals surface area contributed by atoms with E-state index in [1.165, 1.54) is 6.07 Å². The highest BCUT2D eigenvalue weighted by atomic mass is 16.3. The van der Waals surface area contributed by atoms with Gasteiger partial charge in [0.1, 0.15) is 0 Å². The van der Waals surface area contributed by atoms with Crippen LogP contribution in [0.25, 0.3) is 0 Å². The lowest BCUT2D eigenvalue weighted by molar-refractivity contribution is 0.103. The van der Waals surface area contributed by atoms with Crippen LogP contribution in [0.5, 0.6) is 11.5 Å². The third-order valence-corrected chi connectivity index (χ3v) is 2.81. The van der Waals surface area contributed by atoms with E-state index >= 15 is 0 Å². The maximum absolute atomic E-state index is 12.3. The topological polar surface area (TPSA) is 74.6 Å². The number of hydrogen-bond acceptors (Lipinski definition) is 4. The fourth-order valence-corrected chi connectivity index (χ4v) is 1.79. The minimum Gasteiger partial charge on any atom is -0.504 e. The van der Waals surface area contributed by atoms with Crippen LogP contribution in [0.3, 0.4) is 0 Å². The van der Waals surface area contributed by atoms with E-state index in [1.807, 2.05) is 0 Å². The highest BCUT2D eigenvalue weighted by molar-refractivity contribution is 6.10. The summed E-state index contributed by atoms with van der Waals surface area (Å²) in [5.41, 5.74) is 0.156. The molecule has 0 radical (unpaired) electrons. The summed E-state index contributed by atoms with van der Waals surface area (Å²) in [6.45, 7) is 1.59. The quantitative estimate of drug-likeness (QED) is 0.806. The van der Waals surface area contributed by atoms with Gasteiger partial charge in [-0.15, -0.1) is 0 Å². The van der Waals surface area contributed by atoms with Crippen molar-refractivity contribution in [1.29, 1.82) is 0 Å². The average molecular weight is 256 g/mol. The van der Waals surface area contributed by atoms with E-state index in [9.17, 15) is 19.8 Å². The molecule has 0 aromatic heterocycles. The zero-order valence-electron chi connectivity index (χ0n) is 10.3. The van der Waals surface area contributed by atoms with Crippen LogP contribution in [0.15, 0.2) is 47.3 Å². The molecule has 0 saturated carbocycles. The van der Waals surface area contributed by atoms with Crippen LogP contribution in [0, 0.1) is 6.92 Å². The SMILES string of the molecule is Cc1cc(O)c(=O)c(O)cc1C(=O)c1ccccc1. The first-order valence-electron chi connectivity index (χ1n) is 5.67. The Balaban J connectivity index is 2.65. The summed E-state index contributed by atoms with van der Waals surface area (Å²) in [5, 5.41) is 19.0. The Hall–Kier alpha value is -2.62. The van der Waals surface area contributed by atoms with Gasteiger partial charge in [0.25, 0.3) is 5.43 Å². The number of carbonyl (C=O) groups is 1. The second kappa shape index (κ2) is 4.94. The van der Waals surface area contributed by atoms with E-state index in [0.717, 1.165) is 6.07 Å². The Morgan fingerprint density at radius 2 is 1.58 bits per heavy atom. The standard InChI is InChI=1S/C15H12O4/c1-9-7-12(16)15(19)13(17)8-11(9)14(18)10-5-3-2-4-6-10/h2-8H,1H3,(H2,16,17,19). The summed E-state index contributed by atoms with van der Waals surface area (Å²) >= 11 is 0. The molecule has 2 rings (SSSR count). The molecule has 0 atom stereocenters. The molecule has 4 heteroatoms.